The molecule has 0 N–H and O–H groups in total. The Bertz CT molecular complexity index is 1270. The van der Waals surface area contributed by atoms with Crippen LogP contribution in [0.1, 0.15) is 252 Å². The summed E-state index contributed by atoms with van der Waals surface area (Å²) >= 11 is 0. The van der Waals surface area contributed by atoms with Crippen molar-refractivity contribution in [3.05, 3.63) is 85.1 Å². The Labute approximate surface area is 401 Å². The summed E-state index contributed by atoms with van der Waals surface area (Å²) in [6.45, 7) is 6.48. The van der Waals surface area contributed by atoms with E-state index in [0.717, 1.165) is 109 Å². The van der Waals surface area contributed by atoms with E-state index in [9.17, 15) is 14.4 Å². The first-order valence-electron chi connectivity index (χ1n) is 27.1. The van der Waals surface area contributed by atoms with Crippen LogP contribution < -0.4 is 0 Å². The zero-order chi connectivity index (χ0) is 47.2. The van der Waals surface area contributed by atoms with Crippen molar-refractivity contribution in [1.82, 2.24) is 0 Å². The van der Waals surface area contributed by atoms with Gasteiger partial charge in [-0.2, -0.15) is 0 Å². The minimum absolute atomic E-state index is 0.0844. The van der Waals surface area contributed by atoms with E-state index in [0.29, 0.717) is 19.3 Å². The monoisotopic (exact) mass is 905 g/mol. The van der Waals surface area contributed by atoms with Crippen LogP contribution in [0.4, 0.5) is 0 Å². The number of rotatable bonds is 48. The van der Waals surface area contributed by atoms with E-state index in [4.69, 9.17) is 14.2 Å². The van der Waals surface area contributed by atoms with Crippen LogP contribution in [0, 0.1) is 0 Å². The van der Waals surface area contributed by atoms with Crippen LogP contribution in [0.5, 0.6) is 0 Å². The van der Waals surface area contributed by atoms with Gasteiger partial charge >= 0.3 is 17.9 Å². The topological polar surface area (TPSA) is 78.9 Å². The van der Waals surface area contributed by atoms with Crippen LogP contribution >= 0.6 is 0 Å². The fraction of sp³-hybridized carbons (Fsp3) is 0.712. The lowest BCUT2D eigenvalue weighted by Crippen LogP contribution is -2.30. The Kier molecular flexibility index (Phi) is 50.4. The van der Waals surface area contributed by atoms with Crippen molar-refractivity contribution in [1.29, 1.82) is 0 Å². The molecule has 0 bridgehead atoms. The summed E-state index contributed by atoms with van der Waals surface area (Å²) in [6.07, 6.45) is 68.6. The van der Waals surface area contributed by atoms with Gasteiger partial charge in [-0.15, -0.1) is 0 Å². The number of allylic oxidation sites excluding steroid dienone is 14. The molecule has 0 aromatic heterocycles. The molecule has 0 saturated carbocycles. The molecule has 0 fully saturated rings. The van der Waals surface area contributed by atoms with Crippen LogP contribution in [0.3, 0.4) is 0 Å². The van der Waals surface area contributed by atoms with E-state index in [-0.39, 0.29) is 31.1 Å². The number of unbranched alkanes of at least 4 members (excludes halogenated alkanes) is 23. The minimum atomic E-state index is -0.785. The normalized spacial score (nSPS) is 12.7. The van der Waals surface area contributed by atoms with Crippen LogP contribution in [0.15, 0.2) is 85.1 Å². The molecule has 0 spiro atoms. The zero-order valence-corrected chi connectivity index (χ0v) is 42.5. The highest BCUT2D eigenvalue weighted by Gasteiger charge is 2.19. The van der Waals surface area contributed by atoms with Crippen LogP contribution in [0.25, 0.3) is 0 Å². The van der Waals surface area contributed by atoms with Gasteiger partial charge in [-0.1, -0.05) is 241 Å². The van der Waals surface area contributed by atoms with Crippen molar-refractivity contribution in [3.8, 4) is 0 Å². The summed E-state index contributed by atoms with van der Waals surface area (Å²) in [6, 6.07) is 0. The number of hydrogen-bond donors (Lipinski definition) is 0. The maximum Gasteiger partial charge on any atom is 0.306 e. The van der Waals surface area contributed by atoms with Gasteiger partial charge in [0.25, 0.3) is 0 Å². The molecule has 65 heavy (non-hydrogen) atoms. The molecule has 0 rings (SSSR count). The summed E-state index contributed by atoms with van der Waals surface area (Å²) in [5, 5.41) is 0. The quantitative estimate of drug-likeness (QED) is 0.0262. The predicted molar refractivity (Wildman–Crippen MR) is 279 cm³/mol. The molecule has 0 aliphatic carbocycles. The van der Waals surface area contributed by atoms with Gasteiger partial charge < -0.3 is 14.2 Å². The fourth-order valence-electron chi connectivity index (χ4n) is 7.36. The lowest BCUT2D eigenvalue weighted by Gasteiger charge is -2.18. The minimum Gasteiger partial charge on any atom is -0.462 e. The summed E-state index contributed by atoms with van der Waals surface area (Å²) in [4.78, 5) is 37.9. The second-order valence-electron chi connectivity index (χ2n) is 17.8. The van der Waals surface area contributed by atoms with E-state index in [1.807, 2.05) is 0 Å². The molecule has 0 aromatic carbocycles. The summed E-state index contributed by atoms with van der Waals surface area (Å²) < 4.78 is 16.8. The van der Waals surface area contributed by atoms with Gasteiger partial charge in [-0.05, 0) is 77.0 Å². The number of ether oxygens (including phenoxy) is 3. The smallest absolute Gasteiger partial charge is 0.306 e. The van der Waals surface area contributed by atoms with Crippen molar-refractivity contribution in [3.63, 3.8) is 0 Å². The van der Waals surface area contributed by atoms with Crippen molar-refractivity contribution >= 4 is 17.9 Å². The van der Waals surface area contributed by atoms with Crippen molar-refractivity contribution in [2.45, 2.75) is 258 Å². The molecule has 0 aliphatic heterocycles. The van der Waals surface area contributed by atoms with Gasteiger partial charge in [-0.3, -0.25) is 14.4 Å². The molecule has 1 unspecified atom stereocenters. The first kappa shape index (κ1) is 61.6. The summed E-state index contributed by atoms with van der Waals surface area (Å²) in [5.74, 6) is -0.918. The average molecular weight is 905 g/mol. The van der Waals surface area contributed by atoms with Crippen LogP contribution in [-0.2, 0) is 28.6 Å². The Morgan fingerprint density at radius 3 is 0.938 bits per heavy atom. The molecular formula is C59H100O6. The molecular weight excluding hydrogens is 805 g/mol. The van der Waals surface area contributed by atoms with E-state index in [2.05, 4.69) is 106 Å². The van der Waals surface area contributed by atoms with Crippen molar-refractivity contribution < 1.29 is 28.6 Å². The van der Waals surface area contributed by atoms with Crippen molar-refractivity contribution in [2.24, 2.45) is 0 Å². The summed E-state index contributed by atoms with van der Waals surface area (Å²) in [5.41, 5.74) is 0. The highest BCUT2D eigenvalue weighted by molar-refractivity contribution is 5.71. The Morgan fingerprint density at radius 1 is 0.323 bits per heavy atom. The van der Waals surface area contributed by atoms with Crippen LogP contribution in [-0.4, -0.2) is 37.2 Å². The molecule has 372 valence electrons. The van der Waals surface area contributed by atoms with Gasteiger partial charge in [0.1, 0.15) is 13.2 Å². The third kappa shape index (κ3) is 51.4. The van der Waals surface area contributed by atoms with Gasteiger partial charge in [0.15, 0.2) is 6.10 Å². The molecule has 0 aromatic rings. The zero-order valence-electron chi connectivity index (χ0n) is 42.5. The predicted octanol–water partition coefficient (Wildman–Crippen LogP) is 18.0. The molecule has 0 aliphatic rings. The molecule has 0 amide bonds. The molecule has 1 atom stereocenters. The number of esters is 3. The first-order valence-corrected chi connectivity index (χ1v) is 27.1. The average Bonchev–Trinajstić information content (AvgIpc) is 3.30. The van der Waals surface area contributed by atoms with Gasteiger partial charge in [0.05, 0.1) is 0 Å². The Hall–Kier alpha value is -3.41. The van der Waals surface area contributed by atoms with E-state index in [1.54, 1.807) is 0 Å². The number of carbonyl (C=O) groups is 3. The SMILES string of the molecule is CC/C=C\C/C=C\C/C=C\C/C=C\C/C=C\C/C=C\C/C=C\CCCCCC(=O)OCC(COC(=O)CCCCCCCCCCCC)OC(=O)CCCCCCCCCCCCCC. The number of carbonyl (C=O) groups excluding carboxylic acids is 3. The van der Waals surface area contributed by atoms with E-state index >= 15 is 0 Å². The molecule has 6 nitrogen and oxygen atoms in total. The maximum absolute atomic E-state index is 12.8. The van der Waals surface area contributed by atoms with E-state index < -0.39 is 6.10 Å². The van der Waals surface area contributed by atoms with Crippen LogP contribution in [0.2, 0.25) is 0 Å². The summed E-state index contributed by atoms with van der Waals surface area (Å²) in [7, 11) is 0. The Balaban J connectivity index is 4.34. The largest absolute Gasteiger partial charge is 0.462 e. The Morgan fingerprint density at radius 2 is 0.600 bits per heavy atom. The molecule has 6 heteroatoms. The highest BCUT2D eigenvalue weighted by atomic mass is 16.6. The number of hydrogen-bond acceptors (Lipinski definition) is 6. The van der Waals surface area contributed by atoms with Gasteiger partial charge in [0, 0.05) is 19.3 Å². The van der Waals surface area contributed by atoms with Gasteiger partial charge in [-0.25, -0.2) is 0 Å². The highest BCUT2D eigenvalue weighted by Crippen LogP contribution is 2.15. The fourth-order valence-corrected chi connectivity index (χ4v) is 7.36. The van der Waals surface area contributed by atoms with E-state index in [1.165, 1.54) is 103 Å². The molecule has 0 heterocycles. The lowest BCUT2D eigenvalue weighted by molar-refractivity contribution is -0.167. The second-order valence-corrected chi connectivity index (χ2v) is 17.8. The van der Waals surface area contributed by atoms with Crippen molar-refractivity contribution in [2.75, 3.05) is 13.2 Å². The first-order chi connectivity index (χ1) is 32.0. The standard InChI is InChI=1S/C59H100O6/c1-4-7-10-13-16-19-22-24-25-26-27-28-29-30-31-32-33-34-35-36-38-40-43-46-49-52-58(61)64-55-56(54-63-57(60)51-48-45-42-39-21-18-15-12-9-6-3)65-59(62)53-50-47-44-41-37-23-20-17-14-11-8-5-2/h7,10,16,19,24-25,27-28,30-31,33-34,36,38,56H,4-6,8-9,11-15,17-18,20-23,26,29,32,35,37,39-55H2,1-3H3/b10-7-,19-16-,25-24-,28-27-,31-30-,34-33-,38-36-. The third-order valence-corrected chi connectivity index (χ3v) is 11.4. The lowest BCUT2D eigenvalue weighted by atomic mass is 10.0. The van der Waals surface area contributed by atoms with Gasteiger partial charge in [0.2, 0.25) is 0 Å². The maximum atomic E-state index is 12.8. The second kappa shape index (κ2) is 53.2. The molecule has 0 saturated heterocycles. The molecule has 0 radical (unpaired) electrons. The third-order valence-electron chi connectivity index (χ3n) is 11.4.